The molecule has 0 saturated heterocycles. The predicted octanol–water partition coefficient (Wildman–Crippen LogP) is 3.25. The summed E-state index contributed by atoms with van der Waals surface area (Å²) in [6.07, 6.45) is 2.51. The second-order valence-corrected chi connectivity index (χ2v) is 8.56. The summed E-state index contributed by atoms with van der Waals surface area (Å²) in [6.45, 7) is 2.45. The van der Waals surface area contributed by atoms with Crippen molar-refractivity contribution in [1.82, 2.24) is 5.32 Å². The van der Waals surface area contributed by atoms with Crippen LogP contribution in [0.25, 0.3) is 0 Å². The summed E-state index contributed by atoms with van der Waals surface area (Å²) in [5.74, 6) is 0.181. The van der Waals surface area contributed by atoms with Crippen molar-refractivity contribution in [2.24, 2.45) is 0 Å². The number of nitrogens with zero attached hydrogens (tertiary/aromatic N) is 1. The summed E-state index contributed by atoms with van der Waals surface area (Å²) < 4.78 is 30.8. The first-order valence-corrected chi connectivity index (χ1v) is 11.2. The number of hydrogen-bond donors (Lipinski definition) is 1. The van der Waals surface area contributed by atoms with E-state index in [0.717, 1.165) is 22.5 Å². The third kappa shape index (κ3) is 6.73. The van der Waals surface area contributed by atoms with E-state index >= 15 is 0 Å². The van der Waals surface area contributed by atoms with Gasteiger partial charge in [0.2, 0.25) is 15.9 Å². The van der Waals surface area contributed by atoms with Crippen molar-refractivity contribution in [3.05, 3.63) is 59.1 Å². The molecule has 0 spiro atoms. The Labute approximate surface area is 171 Å². The van der Waals surface area contributed by atoms with Gasteiger partial charge in [0, 0.05) is 17.6 Å². The van der Waals surface area contributed by atoms with Crippen molar-refractivity contribution < 1.29 is 17.9 Å². The van der Waals surface area contributed by atoms with Crippen LogP contribution in [0.5, 0.6) is 5.75 Å². The first kappa shape index (κ1) is 22.0. The molecule has 152 valence electrons. The van der Waals surface area contributed by atoms with Crippen LogP contribution in [0.2, 0.25) is 5.02 Å². The van der Waals surface area contributed by atoms with E-state index in [9.17, 15) is 13.2 Å². The van der Waals surface area contributed by atoms with E-state index in [1.807, 2.05) is 31.2 Å². The van der Waals surface area contributed by atoms with Crippen LogP contribution in [0.4, 0.5) is 5.69 Å². The lowest BCUT2D eigenvalue weighted by molar-refractivity contribution is -0.119. The van der Waals surface area contributed by atoms with Gasteiger partial charge in [-0.05, 0) is 43.5 Å². The zero-order valence-electron chi connectivity index (χ0n) is 16.0. The number of sulfonamides is 1. The smallest absolute Gasteiger partial charge is 0.240 e. The number of aryl methyl sites for hydroxylation is 1. The molecule has 0 aliphatic heterocycles. The molecule has 0 atom stereocenters. The summed E-state index contributed by atoms with van der Waals surface area (Å²) in [4.78, 5) is 12.3. The average Bonchev–Trinajstić information content (AvgIpc) is 2.64. The van der Waals surface area contributed by atoms with Crippen LogP contribution in [0, 0.1) is 0 Å². The molecule has 0 unspecified atom stereocenters. The lowest BCUT2D eigenvalue weighted by Crippen LogP contribution is -2.40. The molecule has 1 amide bonds. The van der Waals surface area contributed by atoms with Gasteiger partial charge in [-0.15, -0.1) is 0 Å². The fraction of sp³-hybridized carbons (Fsp3) is 0.350. The highest BCUT2D eigenvalue weighted by Crippen LogP contribution is 2.23. The largest absolute Gasteiger partial charge is 0.494 e. The van der Waals surface area contributed by atoms with Crippen LogP contribution >= 0.6 is 11.6 Å². The first-order valence-electron chi connectivity index (χ1n) is 9.02. The van der Waals surface area contributed by atoms with Gasteiger partial charge < -0.3 is 10.1 Å². The quantitative estimate of drug-likeness (QED) is 0.594. The van der Waals surface area contributed by atoms with Gasteiger partial charge in [0.25, 0.3) is 0 Å². The number of carbonyl (C=O) groups excluding carboxylic acids is 1. The topological polar surface area (TPSA) is 75.7 Å². The maximum Gasteiger partial charge on any atom is 0.240 e. The summed E-state index contributed by atoms with van der Waals surface area (Å²) in [6, 6.07) is 14.2. The number of benzene rings is 2. The Morgan fingerprint density at radius 1 is 1.18 bits per heavy atom. The van der Waals surface area contributed by atoms with Crippen LogP contribution < -0.4 is 14.4 Å². The van der Waals surface area contributed by atoms with Gasteiger partial charge in [0.1, 0.15) is 12.3 Å². The number of anilines is 1. The van der Waals surface area contributed by atoms with E-state index < -0.39 is 10.0 Å². The van der Waals surface area contributed by atoms with Gasteiger partial charge in [-0.2, -0.15) is 0 Å². The molecule has 0 aliphatic rings. The fourth-order valence-electron chi connectivity index (χ4n) is 2.69. The molecule has 0 saturated carbocycles. The van der Waals surface area contributed by atoms with E-state index in [-0.39, 0.29) is 12.5 Å². The molecule has 1 N–H and O–H groups in total. The molecule has 0 fully saturated rings. The minimum Gasteiger partial charge on any atom is -0.494 e. The average molecular weight is 425 g/mol. The van der Waals surface area contributed by atoms with Gasteiger partial charge in [0.15, 0.2) is 0 Å². The van der Waals surface area contributed by atoms with Crippen LogP contribution in [-0.2, 0) is 21.2 Å². The first-order chi connectivity index (χ1) is 13.3. The molecule has 8 heteroatoms. The molecule has 0 aromatic heterocycles. The molecule has 2 aromatic rings. The Morgan fingerprint density at radius 3 is 2.61 bits per heavy atom. The molecule has 0 bridgehead atoms. The number of hydrogen-bond acceptors (Lipinski definition) is 4. The Balaban J connectivity index is 1.94. The van der Waals surface area contributed by atoms with Crippen LogP contribution in [0.15, 0.2) is 48.5 Å². The summed E-state index contributed by atoms with van der Waals surface area (Å²) in [5, 5.41) is 3.47. The van der Waals surface area contributed by atoms with Crippen LogP contribution in [0.3, 0.4) is 0 Å². The summed E-state index contributed by atoms with van der Waals surface area (Å²) >= 11 is 6.12. The molecule has 0 heterocycles. The van der Waals surface area contributed by atoms with Crippen molar-refractivity contribution in [1.29, 1.82) is 0 Å². The highest BCUT2D eigenvalue weighted by Gasteiger charge is 2.21. The second-order valence-electron chi connectivity index (χ2n) is 6.24. The Hall–Kier alpha value is -2.25. The summed E-state index contributed by atoms with van der Waals surface area (Å²) in [7, 11) is -3.62. The number of carbonyl (C=O) groups is 1. The highest BCUT2D eigenvalue weighted by atomic mass is 35.5. The van der Waals surface area contributed by atoms with Gasteiger partial charge in [0.05, 0.1) is 18.6 Å². The molecule has 2 rings (SSSR count). The minimum absolute atomic E-state index is 0.291. The van der Waals surface area contributed by atoms with Crippen LogP contribution in [0.1, 0.15) is 18.9 Å². The highest BCUT2D eigenvalue weighted by molar-refractivity contribution is 7.92. The van der Waals surface area contributed by atoms with Gasteiger partial charge in [-0.25, -0.2) is 8.42 Å². The van der Waals surface area contributed by atoms with Gasteiger partial charge in [-0.3, -0.25) is 9.10 Å². The standard InChI is InChI=1S/C20H25ClN2O4S/c1-3-27-18-11-6-10-17(14-18)23(28(2,25)26)15-20(24)22-13-7-9-16-8-4-5-12-19(16)21/h4-6,8,10-12,14H,3,7,9,13,15H2,1-2H3,(H,22,24). The molecule has 6 nitrogen and oxygen atoms in total. The van der Waals surface area contributed by atoms with Crippen molar-refractivity contribution in [2.75, 3.05) is 30.3 Å². The van der Waals surface area contributed by atoms with E-state index in [2.05, 4.69) is 5.32 Å². The number of ether oxygens (including phenoxy) is 1. The van der Waals surface area contributed by atoms with Gasteiger partial charge in [-0.1, -0.05) is 35.9 Å². The number of nitrogens with one attached hydrogen (secondary N) is 1. The normalized spacial score (nSPS) is 11.1. The molecule has 0 radical (unpaired) electrons. The van der Waals surface area contributed by atoms with E-state index in [1.165, 1.54) is 0 Å². The fourth-order valence-corrected chi connectivity index (χ4v) is 3.77. The molecule has 0 aliphatic carbocycles. The zero-order valence-corrected chi connectivity index (χ0v) is 17.6. The van der Waals surface area contributed by atoms with Crippen molar-refractivity contribution in [3.63, 3.8) is 0 Å². The SMILES string of the molecule is CCOc1cccc(N(CC(=O)NCCCc2ccccc2Cl)S(C)(=O)=O)c1. The van der Waals surface area contributed by atoms with E-state index in [4.69, 9.17) is 16.3 Å². The van der Waals surface area contributed by atoms with Crippen molar-refractivity contribution in [2.45, 2.75) is 19.8 Å². The minimum atomic E-state index is -3.62. The Morgan fingerprint density at radius 2 is 1.93 bits per heavy atom. The monoisotopic (exact) mass is 424 g/mol. The Kier molecular flexibility index (Phi) is 8.14. The maximum absolute atomic E-state index is 12.3. The van der Waals surface area contributed by atoms with E-state index in [1.54, 1.807) is 24.3 Å². The molecular formula is C20H25ClN2O4S. The zero-order chi connectivity index (χ0) is 20.6. The molecular weight excluding hydrogens is 400 g/mol. The maximum atomic E-state index is 12.3. The second kappa shape index (κ2) is 10.3. The summed E-state index contributed by atoms with van der Waals surface area (Å²) in [5.41, 5.74) is 1.41. The van der Waals surface area contributed by atoms with Crippen molar-refractivity contribution >= 4 is 33.2 Å². The lowest BCUT2D eigenvalue weighted by atomic mass is 10.1. The van der Waals surface area contributed by atoms with Crippen molar-refractivity contribution in [3.8, 4) is 5.75 Å². The van der Waals surface area contributed by atoms with Gasteiger partial charge >= 0.3 is 0 Å². The number of halogens is 1. The third-order valence-electron chi connectivity index (χ3n) is 4.01. The lowest BCUT2D eigenvalue weighted by Gasteiger charge is -2.22. The van der Waals surface area contributed by atoms with E-state index in [0.29, 0.717) is 36.0 Å². The molecule has 2 aromatic carbocycles. The third-order valence-corrected chi connectivity index (χ3v) is 5.52. The van der Waals surface area contributed by atoms with Crippen LogP contribution in [-0.4, -0.2) is 40.3 Å². The predicted molar refractivity (Wildman–Crippen MR) is 113 cm³/mol. The molecule has 28 heavy (non-hydrogen) atoms. The number of rotatable bonds is 10. The Bertz CT molecular complexity index is 903. The number of amides is 1.